The summed E-state index contributed by atoms with van der Waals surface area (Å²) in [6.45, 7) is 7.09. The van der Waals surface area contributed by atoms with Crippen molar-refractivity contribution in [2.75, 3.05) is 26.2 Å². The predicted molar refractivity (Wildman–Crippen MR) is 95.2 cm³/mol. The normalized spacial score (nSPS) is 20.5. The summed E-state index contributed by atoms with van der Waals surface area (Å²) in [6.07, 6.45) is 5.80. The molecule has 4 heterocycles. The molecule has 0 aromatic carbocycles. The topological polar surface area (TPSA) is 63.7 Å². The molecule has 26 heavy (non-hydrogen) atoms. The van der Waals surface area contributed by atoms with Gasteiger partial charge in [-0.1, -0.05) is 0 Å². The molecule has 2 aromatic rings. The second-order valence-corrected chi connectivity index (χ2v) is 7.07. The van der Waals surface area contributed by atoms with Crippen LogP contribution >= 0.6 is 0 Å². The Morgan fingerprint density at radius 3 is 2.92 bits per heavy atom. The van der Waals surface area contributed by atoms with E-state index in [4.69, 9.17) is 9.15 Å². The minimum Gasteiger partial charge on any atom is -0.468 e. The molecule has 7 heteroatoms. The summed E-state index contributed by atoms with van der Waals surface area (Å²) in [6, 6.07) is 4.14. The molecule has 140 valence electrons. The fourth-order valence-corrected chi connectivity index (χ4v) is 3.84. The summed E-state index contributed by atoms with van der Waals surface area (Å²) in [7, 11) is 0. The number of imidazole rings is 1. The molecule has 1 atom stereocenters. The minimum absolute atomic E-state index is 0.0962. The zero-order valence-corrected chi connectivity index (χ0v) is 15.3. The highest BCUT2D eigenvalue weighted by Gasteiger charge is 2.27. The van der Waals surface area contributed by atoms with E-state index in [9.17, 15) is 4.79 Å². The number of rotatable bonds is 6. The Bertz CT molecular complexity index is 734. The van der Waals surface area contributed by atoms with E-state index in [0.29, 0.717) is 6.61 Å². The average Bonchev–Trinajstić information content (AvgIpc) is 3.39. The SMILES string of the molecule is C[C@H]1c2ncc(COCC(=O)N3CCCC3)n2CCN1Cc1ccco1. The lowest BCUT2D eigenvalue weighted by Gasteiger charge is -2.33. The van der Waals surface area contributed by atoms with Crippen LogP contribution < -0.4 is 0 Å². The Morgan fingerprint density at radius 2 is 2.15 bits per heavy atom. The number of nitrogens with zero attached hydrogens (tertiary/aromatic N) is 4. The third-order valence-electron chi connectivity index (χ3n) is 5.37. The van der Waals surface area contributed by atoms with Crippen LogP contribution in [0.4, 0.5) is 0 Å². The fourth-order valence-electron chi connectivity index (χ4n) is 3.84. The van der Waals surface area contributed by atoms with Crippen LogP contribution in [0.1, 0.15) is 43.1 Å². The van der Waals surface area contributed by atoms with Gasteiger partial charge in [0.1, 0.15) is 18.2 Å². The Balaban J connectivity index is 1.33. The van der Waals surface area contributed by atoms with Crippen LogP contribution in [0.25, 0.3) is 0 Å². The molecule has 2 aliphatic rings. The Hall–Kier alpha value is -2.12. The van der Waals surface area contributed by atoms with Crippen molar-refractivity contribution in [2.45, 2.75) is 45.5 Å². The van der Waals surface area contributed by atoms with Gasteiger partial charge in [-0.2, -0.15) is 0 Å². The zero-order valence-electron chi connectivity index (χ0n) is 15.3. The number of ether oxygens (including phenoxy) is 1. The first kappa shape index (κ1) is 17.3. The van der Waals surface area contributed by atoms with E-state index in [2.05, 4.69) is 21.4 Å². The summed E-state index contributed by atoms with van der Waals surface area (Å²) in [5.41, 5.74) is 1.04. The maximum absolute atomic E-state index is 12.1. The lowest BCUT2D eigenvalue weighted by atomic mass is 10.2. The van der Waals surface area contributed by atoms with Crippen molar-refractivity contribution in [3.05, 3.63) is 41.9 Å². The summed E-state index contributed by atoms with van der Waals surface area (Å²) in [5.74, 6) is 2.12. The molecule has 0 radical (unpaired) electrons. The van der Waals surface area contributed by atoms with Crippen molar-refractivity contribution < 1.29 is 13.9 Å². The molecule has 0 saturated carbocycles. The number of furan rings is 1. The second kappa shape index (κ2) is 7.63. The number of hydrogen-bond acceptors (Lipinski definition) is 5. The summed E-state index contributed by atoms with van der Waals surface area (Å²) in [4.78, 5) is 20.9. The van der Waals surface area contributed by atoms with Gasteiger partial charge >= 0.3 is 0 Å². The van der Waals surface area contributed by atoms with Gasteiger partial charge in [0.15, 0.2) is 0 Å². The van der Waals surface area contributed by atoms with Gasteiger partial charge in [0, 0.05) is 26.2 Å². The van der Waals surface area contributed by atoms with Crippen LogP contribution in [-0.4, -0.2) is 51.5 Å². The molecule has 2 aromatic heterocycles. The third-order valence-corrected chi connectivity index (χ3v) is 5.37. The number of carbonyl (C=O) groups is 1. The standard InChI is InChI=1S/C19H26N4O3/c1-15-19-20-11-16(13-25-14-18(24)21-6-2-3-7-21)23(19)9-8-22(15)12-17-5-4-10-26-17/h4-5,10-11,15H,2-3,6-9,12-14H2,1H3/t15-/m0/s1. The lowest BCUT2D eigenvalue weighted by Crippen LogP contribution is -2.37. The molecule has 1 amide bonds. The van der Waals surface area contributed by atoms with E-state index in [1.807, 2.05) is 23.2 Å². The number of aromatic nitrogens is 2. The number of hydrogen-bond donors (Lipinski definition) is 0. The van der Waals surface area contributed by atoms with E-state index < -0.39 is 0 Å². The van der Waals surface area contributed by atoms with Crippen molar-refractivity contribution in [2.24, 2.45) is 0 Å². The molecule has 4 rings (SSSR count). The molecule has 0 aliphatic carbocycles. The summed E-state index contributed by atoms with van der Waals surface area (Å²) >= 11 is 0. The van der Waals surface area contributed by atoms with Crippen LogP contribution in [-0.2, 0) is 29.2 Å². The molecular weight excluding hydrogens is 332 g/mol. The first-order valence-corrected chi connectivity index (χ1v) is 9.38. The maximum atomic E-state index is 12.1. The minimum atomic E-state index is 0.0962. The number of carbonyl (C=O) groups excluding carboxylic acids is 1. The molecule has 0 spiro atoms. The van der Waals surface area contributed by atoms with Crippen molar-refractivity contribution in [1.29, 1.82) is 0 Å². The molecule has 2 aliphatic heterocycles. The van der Waals surface area contributed by atoms with Crippen molar-refractivity contribution in [3.8, 4) is 0 Å². The van der Waals surface area contributed by atoms with Crippen LogP contribution in [0.3, 0.4) is 0 Å². The molecule has 0 N–H and O–H groups in total. The van der Waals surface area contributed by atoms with E-state index in [0.717, 1.165) is 62.8 Å². The largest absolute Gasteiger partial charge is 0.468 e. The quantitative estimate of drug-likeness (QED) is 0.792. The molecule has 0 bridgehead atoms. The van der Waals surface area contributed by atoms with Gasteiger partial charge in [-0.25, -0.2) is 4.98 Å². The zero-order chi connectivity index (χ0) is 17.9. The summed E-state index contributed by atoms with van der Waals surface area (Å²) in [5, 5.41) is 0. The van der Waals surface area contributed by atoms with E-state index in [-0.39, 0.29) is 18.6 Å². The third kappa shape index (κ3) is 3.54. The van der Waals surface area contributed by atoms with E-state index in [1.54, 1.807) is 6.26 Å². The maximum Gasteiger partial charge on any atom is 0.248 e. The summed E-state index contributed by atoms with van der Waals surface area (Å²) < 4.78 is 13.4. The number of fused-ring (bicyclic) bond motifs is 1. The van der Waals surface area contributed by atoms with Crippen LogP contribution in [0.15, 0.2) is 29.0 Å². The van der Waals surface area contributed by atoms with Crippen LogP contribution in [0, 0.1) is 0 Å². The van der Waals surface area contributed by atoms with E-state index in [1.165, 1.54) is 0 Å². The number of amides is 1. The molecule has 7 nitrogen and oxygen atoms in total. The predicted octanol–water partition coefficient (Wildman–Crippen LogP) is 2.19. The highest BCUT2D eigenvalue weighted by atomic mass is 16.5. The van der Waals surface area contributed by atoms with Gasteiger partial charge in [-0.15, -0.1) is 0 Å². The van der Waals surface area contributed by atoms with Gasteiger partial charge < -0.3 is 18.6 Å². The van der Waals surface area contributed by atoms with Gasteiger partial charge in [0.05, 0.1) is 37.3 Å². The molecule has 0 unspecified atom stereocenters. The lowest BCUT2D eigenvalue weighted by molar-refractivity contribution is -0.135. The fraction of sp³-hybridized carbons (Fsp3) is 0.579. The van der Waals surface area contributed by atoms with Crippen molar-refractivity contribution in [3.63, 3.8) is 0 Å². The first-order valence-electron chi connectivity index (χ1n) is 9.38. The highest BCUT2D eigenvalue weighted by Crippen LogP contribution is 2.27. The Labute approximate surface area is 153 Å². The van der Waals surface area contributed by atoms with Gasteiger partial charge in [0.2, 0.25) is 5.91 Å². The van der Waals surface area contributed by atoms with Gasteiger partial charge in [-0.3, -0.25) is 9.69 Å². The van der Waals surface area contributed by atoms with Crippen LogP contribution in [0.5, 0.6) is 0 Å². The first-order chi connectivity index (χ1) is 12.7. The van der Waals surface area contributed by atoms with E-state index >= 15 is 0 Å². The Morgan fingerprint density at radius 1 is 1.31 bits per heavy atom. The smallest absolute Gasteiger partial charge is 0.248 e. The Kier molecular flexibility index (Phi) is 5.08. The van der Waals surface area contributed by atoms with Crippen molar-refractivity contribution in [1.82, 2.24) is 19.4 Å². The second-order valence-electron chi connectivity index (χ2n) is 7.07. The van der Waals surface area contributed by atoms with Crippen molar-refractivity contribution >= 4 is 5.91 Å². The van der Waals surface area contributed by atoms with Crippen LogP contribution in [0.2, 0.25) is 0 Å². The van der Waals surface area contributed by atoms with Gasteiger partial charge in [0.25, 0.3) is 0 Å². The average molecular weight is 358 g/mol. The number of likely N-dealkylation sites (tertiary alicyclic amines) is 1. The molecular formula is C19H26N4O3. The highest BCUT2D eigenvalue weighted by molar-refractivity contribution is 5.77. The molecule has 1 fully saturated rings. The monoisotopic (exact) mass is 358 g/mol. The molecule has 1 saturated heterocycles. The van der Waals surface area contributed by atoms with Gasteiger partial charge in [-0.05, 0) is 31.9 Å².